The van der Waals surface area contributed by atoms with Crippen LogP contribution in [0.15, 0.2) is 60.3 Å². The van der Waals surface area contributed by atoms with Crippen molar-refractivity contribution in [2.45, 2.75) is 20.8 Å². The van der Waals surface area contributed by atoms with Crippen LogP contribution in [0.4, 0.5) is 5.69 Å². The summed E-state index contributed by atoms with van der Waals surface area (Å²) in [6.45, 7) is 6.32. The maximum atomic E-state index is 13.2. The van der Waals surface area contributed by atoms with Crippen LogP contribution in [0.25, 0.3) is 11.8 Å². The molecule has 0 unspecified atom stereocenters. The minimum atomic E-state index is -0.224. The maximum absolute atomic E-state index is 13.2. The van der Waals surface area contributed by atoms with Gasteiger partial charge in [0.1, 0.15) is 11.4 Å². The molecule has 0 spiro atoms. The van der Waals surface area contributed by atoms with Gasteiger partial charge in [-0.25, -0.2) is 9.58 Å². The standard InChI is InChI=1S/C23H22N4O2S/c1-4-29-21-13-9-8-12-20(21)26-22(28)19(24-23(26)30)14-18-15(2)25-27(16(18)3)17-10-6-5-7-11-17/h5-14H,4H2,1-3H3,(H,24,30)/b19-14+. The van der Waals surface area contributed by atoms with Crippen molar-refractivity contribution in [3.8, 4) is 11.4 Å². The molecule has 4 rings (SSSR count). The summed E-state index contributed by atoms with van der Waals surface area (Å²) in [5.41, 5.74) is 4.66. The number of rotatable bonds is 5. The Hall–Kier alpha value is -3.45. The molecule has 1 fully saturated rings. The summed E-state index contributed by atoms with van der Waals surface area (Å²) in [4.78, 5) is 14.7. The molecule has 1 aromatic heterocycles. The van der Waals surface area contributed by atoms with Crippen molar-refractivity contribution in [2.75, 3.05) is 11.5 Å². The summed E-state index contributed by atoms with van der Waals surface area (Å²) in [6, 6.07) is 17.3. The van der Waals surface area contributed by atoms with Gasteiger partial charge in [-0.05, 0) is 63.3 Å². The predicted octanol–water partition coefficient (Wildman–Crippen LogP) is 4.15. The number of para-hydroxylation sites is 3. The quantitative estimate of drug-likeness (QED) is 0.498. The number of aromatic nitrogens is 2. The number of thiocarbonyl (C=S) groups is 1. The molecule has 2 heterocycles. The number of benzene rings is 2. The van der Waals surface area contributed by atoms with E-state index in [1.165, 1.54) is 4.90 Å². The molecule has 0 bridgehead atoms. The van der Waals surface area contributed by atoms with Gasteiger partial charge in [-0.2, -0.15) is 5.10 Å². The van der Waals surface area contributed by atoms with Crippen LogP contribution in [-0.2, 0) is 4.79 Å². The Labute approximate surface area is 180 Å². The molecule has 0 atom stereocenters. The minimum Gasteiger partial charge on any atom is -0.492 e. The predicted molar refractivity (Wildman–Crippen MR) is 122 cm³/mol. The minimum absolute atomic E-state index is 0.224. The molecule has 1 saturated heterocycles. The van der Waals surface area contributed by atoms with Crippen LogP contribution in [0.5, 0.6) is 5.75 Å². The zero-order valence-corrected chi connectivity index (χ0v) is 17.9. The molecule has 1 aliphatic rings. The SMILES string of the molecule is CCOc1ccccc1N1C(=O)/C(=C\c2c(C)nn(-c3ccccc3)c2C)NC1=S. The second-order valence-corrected chi connectivity index (χ2v) is 7.25. The van der Waals surface area contributed by atoms with E-state index < -0.39 is 0 Å². The van der Waals surface area contributed by atoms with Gasteiger partial charge < -0.3 is 10.1 Å². The smallest absolute Gasteiger partial charge is 0.281 e. The number of amides is 1. The lowest BCUT2D eigenvalue weighted by atomic mass is 10.1. The van der Waals surface area contributed by atoms with Crippen LogP contribution in [0.1, 0.15) is 23.9 Å². The summed E-state index contributed by atoms with van der Waals surface area (Å²) in [5.74, 6) is 0.390. The molecule has 1 aliphatic heterocycles. The lowest BCUT2D eigenvalue weighted by molar-refractivity contribution is -0.113. The van der Waals surface area contributed by atoms with Gasteiger partial charge in [0.15, 0.2) is 5.11 Å². The number of nitrogens with zero attached hydrogens (tertiary/aromatic N) is 3. The zero-order valence-electron chi connectivity index (χ0n) is 17.0. The first-order valence-corrected chi connectivity index (χ1v) is 10.1. The van der Waals surface area contributed by atoms with Gasteiger partial charge in [-0.1, -0.05) is 30.3 Å². The topological polar surface area (TPSA) is 59.4 Å². The van der Waals surface area contributed by atoms with Crippen molar-refractivity contribution < 1.29 is 9.53 Å². The third-order valence-electron chi connectivity index (χ3n) is 4.92. The molecule has 1 amide bonds. The highest BCUT2D eigenvalue weighted by atomic mass is 32.1. The summed E-state index contributed by atoms with van der Waals surface area (Å²) in [7, 11) is 0. The van der Waals surface area contributed by atoms with Crippen LogP contribution < -0.4 is 15.0 Å². The fourth-order valence-electron chi connectivity index (χ4n) is 3.50. The number of carbonyl (C=O) groups excluding carboxylic acids is 1. The van der Waals surface area contributed by atoms with Crippen molar-refractivity contribution in [2.24, 2.45) is 0 Å². The molecule has 0 saturated carbocycles. The maximum Gasteiger partial charge on any atom is 0.281 e. The summed E-state index contributed by atoms with van der Waals surface area (Å²) in [6.07, 6.45) is 1.81. The van der Waals surface area contributed by atoms with Crippen molar-refractivity contribution in [1.82, 2.24) is 15.1 Å². The number of ether oxygens (including phenoxy) is 1. The first-order chi connectivity index (χ1) is 14.5. The second kappa shape index (κ2) is 8.12. The summed E-state index contributed by atoms with van der Waals surface area (Å²) in [5, 5.41) is 8.02. The summed E-state index contributed by atoms with van der Waals surface area (Å²) < 4.78 is 7.55. The van der Waals surface area contributed by atoms with Crippen LogP contribution in [0.2, 0.25) is 0 Å². The lowest BCUT2D eigenvalue weighted by Crippen LogP contribution is -2.30. The van der Waals surface area contributed by atoms with Crippen LogP contribution in [0, 0.1) is 13.8 Å². The second-order valence-electron chi connectivity index (χ2n) is 6.86. The molecule has 7 heteroatoms. The average Bonchev–Trinajstić information content (AvgIpc) is 3.19. The molecule has 152 valence electrons. The van der Waals surface area contributed by atoms with Gasteiger partial charge in [0, 0.05) is 11.3 Å². The first kappa shape index (κ1) is 19.8. The van der Waals surface area contributed by atoms with Crippen molar-refractivity contribution >= 4 is 35.0 Å². The lowest BCUT2D eigenvalue weighted by Gasteiger charge is -2.17. The van der Waals surface area contributed by atoms with Gasteiger partial charge in [-0.15, -0.1) is 0 Å². The molecule has 3 aromatic rings. The van der Waals surface area contributed by atoms with E-state index in [4.69, 9.17) is 17.0 Å². The molecular weight excluding hydrogens is 396 g/mol. The highest BCUT2D eigenvalue weighted by Crippen LogP contribution is 2.32. The van der Waals surface area contributed by atoms with Gasteiger partial charge >= 0.3 is 0 Å². The Balaban J connectivity index is 1.71. The number of aryl methyl sites for hydroxylation is 1. The number of carbonyl (C=O) groups is 1. The van der Waals surface area contributed by atoms with E-state index >= 15 is 0 Å². The van der Waals surface area contributed by atoms with E-state index in [0.29, 0.717) is 28.9 Å². The Morgan fingerprint density at radius 1 is 1.10 bits per heavy atom. The Morgan fingerprint density at radius 2 is 1.80 bits per heavy atom. The Bertz CT molecular complexity index is 1150. The van der Waals surface area contributed by atoms with Crippen molar-refractivity contribution in [3.63, 3.8) is 0 Å². The molecule has 0 aliphatic carbocycles. The van der Waals surface area contributed by atoms with Gasteiger partial charge in [0.2, 0.25) is 0 Å². The number of anilines is 1. The van der Waals surface area contributed by atoms with E-state index in [2.05, 4.69) is 10.4 Å². The number of nitrogens with one attached hydrogen (secondary N) is 1. The largest absolute Gasteiger partial charge is 0.492 e. The highest BCUT2D eigenvalue weighted by Gasteiger charge is 2.34. The van der Waals surface area contributed by atoms with Gasteiger partial charge in [0.05, 0.1) is 23.7 Å². The van der Waals surface area contributed by atoms with E-state index in [1.54, 1.807) is 0 Å². The van der Waals surface area contributed by atoms with E-state index in [9.17, 15) is 4.79 Å². The number of hydrogen-bond acceptors (Lipinski definition) is 4. The Kier molecular flexibility index (Phi) is 5.37. The highest BCUT2D eigenvalue weighted by molar-refractivity contribution is 7.80. The normalized spacial score (nSPS) is 15.0. The van der Waals surface area contributed by atoms with Crippen LogP contribution >= 0.6 is 12.2 Å². The molecule has 6 nitrogen and oxygen atoms in total. The molecule has 1 N–H and O–H groups in total. The molecular formula is C23H22N4O2S. The van der Waals surface area contributed by atoms with Gasteiger partial charge in [0.25, 0.3) is 5.91 Å². The van der Waals surface area contributed by atoms with E-state index in [1.807, 2.05) is 86.1 Å². The molecule has 2 aromatic carbocycles. The first-order valence-electron chi connectivity index (χ1n) is 9.72. The fraction of sp³-hybridized carbons (Fsp3) is 0.174. The van der Waals surface area contributed by atoms with Crippen LogP contribution in [0.3, 0.4) is 0 Å². The number of hydrogen-bond donors (Lipinski definition) is 1. The van der Waals surface area contributed by atoms with E-state index in [0.717, 1.165) is 22.6 Å². The fourth-order valence-corrected chi connectivity index (χ4v) is 3.79. The third-order valence-corrected chi connectivity index (χ3v) is 5.21. The zero-order chi connectivity index (χ0) is 21.3. The average molecular weight is 419 g/mol. The van der Waals surface area contributed by atoms with E-state index in [-0.39, 0.29) is 5.91 Å². The molecule has 30 heavy (non-hydrogen) atoms. The van der Waals surface area contributed by atoms with Gasteiger partial charge in [-0.3, -0.25) is 4.79 Å². The molecule has 0 radical (unpaired) electrons. The van der Waals surface area contributed by atoms with Crippen LogP contribution in [-0.4, -0.2) is 27.4 Å². The monoisotopic (exact) mass is 418 g/mol. The van der Waals surface area contributed by atoms with Crippen molar-refractivity contribution in [3.05, 3.63) is 77.2 Å². The van der Waals surface area contributed by atoms with Crippen molar-refractivity contribution in [1.29, 1.82) is 0 Å². The Morgan fingerprint density at radius 3 is 2.53 bits per heavy atom. The summed E-state index contributed by atoms with van der Waals surface area (Å²) >= 11 is 5.46. The third kappa shape index (κ3) is 3.48.